The molecule has 2 heterocycles. The van der Waals surface area contributed by atoms with E-state index in [1.165, 1.54) is 19.1 Å². The second-order valence-corrected chi connectivity index (χ2v) is 7.02. The number of hydrogen-bond acceptors (Lipinski definition) is 7. The van der Waals surface area contributed by atoms with Crippen LogP contribution >= 0.6 is 0 Å². The Morgan fingerprint density at radius 1 is 1.15 bits per heavy atom. The van der Waals surface area contributed by atoms with Crippen LogP contribution in [0.4, 0.5) is 18.0 Å². The zero-order chi connectivity index (χ0) is 25.0. The lowest BCUT2D eigenvalue weighted by Crippen LogP contribution is -2.45. The molecule has 0 bridgehead atoms. The molecule has 1 aromatic carbocycles. The van der Waals surface area contributed by atoms with Crippen molar-refractivity contribution in [3.63, 3.8) is 0 Å². The summed E-state index contributed by atoms with van der Waals surface area (Å²) in [5, 5.41) is 8.60. The van der Waals surface area contributed by atoms with E-state index < -0.39 is 47.4 Å². The molecule has 0 fully saturated rings. The average molecular weight is 480 g/mol. The Morgan fingerprint density at radius 2 is 1.88 bits per heavy atom. The molecule has 3 rings (SSSR count). The van der Waals surface area contributed by atoms with E-state index in [1.807, 2.05) is 0 Å². The Morgan fingerprint density at radius 3 is 2.56 bits per heavy atom. The number of amides is 2. The second-order valence-electron chi connectivity index (χ2n) is 7.02. The number of esters is 2. The third kappa shape index (κ3) is 5.42. The molecule has 2 amide bonds. The molecule has 0 radical (unpaired) electrons. The molecule has 2 N–H and O–H groups in total. The lowest BCUT2D eigenvalue weighted by molar-refractivity contribution is -0.139. The fourth-order valence-corrected chi connectivity index (χ4v) is 3.04. The van der Waals surface area contributed by atoms with Crippen molar-refractivity contribution < 1.29 is 37.0 Å². The molecular weight excluding hydrogens is 461 g/mol. The van der Waals surface area contributed by atoms with Gasteiger partial charge < -0.3 is 20.1 Å². The maximum absolute atomic E-state index is 13.1. The number of urea groups is 1. The summed E-state index contributed by atoms with van der Waals surface area (Å²) in [5.41, 5.74) is -2.32. The van der Waals surface area contributed by atoms with Crippen molar-refractivity contribution in [3.8, 4) is 5.69 Å². The van der Waals surface area contributed by atoms with Gasteiger partial charge in [0.1, 0.15) is 6.61 Å². The third-order valence-electron chi connectivity index (χ3n) is 4.64. The number of rotatable bonds is 6. The minimum absolute atomic E-state index is 0.0208. The first-order valence-electron chi connectivity index (χ1n) is 9.91. The fraction of sp³-hybridized carbons (Fsp3) is 0.286. The van der Waals surface area contributed by atoms with Crippen LogP contribution in [0.2, 0.25) is 0 Å². The number of carbonyl (C=O) groups excluding carboxylic acids is 3. The SMILES string of the molecule is CCOC(=O)C1=C(COC(=O)c2nn(-c3cccc(C(F)(F)F)c3)c(C)cc2=O)NC(=O)NC1. The zero-order valence-corrected chi connectivity index (χ0v) is 18.0. The van der Waals surface area contributed by atoms with Crippen LogP contribution < -0.4 is 16.1 Å². The second kappa shape index (κ2) is 9.77. The highest BCUT2D eigenvalue weighted by Gasteiger charge is 2.31. The first-order valence-corrected chi connectivity index (χ1v) is 9.91. The molecule has 13 heteroatoms. The summed E-state index contributed by atoms with van der Waals surface area (Å²) in [7, 11) is 0. The zero-order valence-electron chi connectivity index (χ0n) is 18.0. The van der Waals surface area contributed by atoms with Crippen molar-refractivity contribution in [1.82, 2.24) is 20.4 Å². The monoisotopic (exact) mass is 480 g/mol. The van der Waals surface area contributed by atoms with Crippen molar-refractivity contribution in [1.29, 1.82) is 0 Å². The van der Waals surface area contributed by atoms with Crippen molar-refractivity contribution >= 4 is 18.0 Å². The normalized spacial score (nSPS) is 13.7. The lowest BCUT2D eigenvalue weighted by Gasteiger charge is -2.21. The topological polar surface area (TPSA) is 129 Å². The van der Waals surface area contributed by atoms with Crippen LogP contribution in [0.25, 0.3) is 5.69 Å². The van der Waals surface area contributed by atoms with Crippen LogP contribution in [0.15, 0.2) is 46.4 Å². The highest BCUT2D eigenvalue weighted by molar-refractivity contribution is 5.94. The van der Waals surface area contributed by atoms with Crippen molar-refractivity contribution in [2.75, 3.05) is 19.8 Å². The highest BCUT2D eigenvalue weighted by atomic mass is 19.4. The van der Waals surface area contributed by atoms with E-state index in [1.54, 1.807) is 6.92 Å². The van der Waals surface area contributed by atoms with E-state index in [9.17, 15) is 32.3 Å². The Kier molecular flexibility index (Phi) is 7.03. The maximum Gasteiger partial charge on any atom is 0.416 e. The summed E-state index contributed by atoms with van der Waals surface area (Å²) < 4.78 is 50.2. The summed E-state index contributed by atoms with van der Waals surface area (Å²) >= 11 is 0. The van der Waals surface area contributed by atoms with Crippen LogP contribution in [0.1, 0.15) is 28.7 Å². The van der Waals surface area contributed by atoms with Crippen LogP contribution in [-0.2, 0) is 20.4 Å². The minimum Gasteiger partial charge on any atom is -0.463 e. The molecule has 0 spiro atoms. The molecule has 1 aliphatic heterocycles. The van der Waals surface area contributed by atoms with Gasteiger partial charge in [0, 0.05) is 11.8 Å². The molecule has 0 saturated heterocycles. The molecule has 10 nitrogen and oxygen atoms in total. The minimum atomic E-state index is -4.60. The number of aromatic nitrogens is 2. The van der Waals surface area contributed by atoms with Gasteiger partial charge in [-0.3, -0.25) is 4.79 Å². The lowest BCUT2D eigenvalue weighted by atomic mass is 10.1. The molecule has 34 heavy (non-hydrogen) atoms. The van der Waals surface area contributed by atoms with Gasteiger partial charge in [-0.15, -0.1) is 0 Å². The van der Waals surface area contributed by atoms with Crippen molar-refractivity contribution in [2.24, 2.45) is 0 Å². The van der Waals surface area contributed by atoms with Gasteiger partial charge in [-0.25, -0.2) is 19.1 Å². The summed E-state index contributed by atoms with van der Waals surface area (Å²) in [4.78, 5) is 48.6. The molecule has 1 aromatic heterocycles. The maximum atomic E-state index is 13.1. The Labute approximate surface area is 190 Å². The van der Waals surface area contributed by atoms with E-state index in [0.29, 0.717) is 0 Å². The number of ether oxygens (including phenoxy) is 2. The van der Waals surface area contributed by atoms with Crippen LogP contribution in [0, 0.1) is 6.92 Å². The van der Waals surface area contributed by atoms with E-state index in [0.717, 1.165) is 22.9 Å². The van der Waals surface area contributed by atoms with E-state index >= 15 is 0 Å². The van der Waals surface area contributed by atoms with Gasteiger partial charge in [0.25, 0.3) is 0 Å². The summed E-state index contributed by atoms with van der Waals surface area (Å²) in [6.45, 7) is 2.35. The van der Waals surface area contributed by atoms with Gasteiger partial charge in [-0.1, -0.05) is 6.07 Å². The highest BCUT2D eigenvalue weighted by Crippen LogP contribution is 2.30. The molecule has 0 aliphatic carbocycles. The smallest absolute Gasteiger partial charge is 0.416 e. The summed E-state index contributed by atoms with van der Waals surface area (Å²) in [6.07, 6.45) is -4.60. The molecule has 0 unspecified atom stereocenters. The van der Waals surface area contributed by atoms with Crippen LogP contribution in [0.5, 0.6) is 0 Å². The molecule has 2 aromatic rings. The number of halogens is 3. The van der Waals surface area contributed by atoms with Crippen molar-refractivity contribution in [3.05, 3.63) is 68.8 Å². The van der Waals surface area contributed by atoms with E-state index in [-0.39, 0.29) is 35.8 Å². The number of nitrogens with one attached hydrogen (secondary N) is 2. The third-order valence-corrected chi connectivity index (χ3v) is 4.64. The fourth-order valence-electron chi connectivity index (χ4n) is 3.04. The number of nitrogens with zero attached hydrogens (tertiary/aromatic N) is 2. The average Bonchev–Trinajstić information content (AvgIpc) is 2.77. The molecule has 0 atom stereocenters. The van der Waals surface area contributed by atoms with Gasteiger partial charge in [-0.05, 0) is 32.0 Å². The predicted octanol–water partition coefficient (Wildman–Crippen LogP) is 1.85. The largest absolute Gasteiger partial charge is 0.463 e. The number of hydrogen-bond donors (Lipinski definition) is 2. The Hall–Kier alpha value is -4.16. The Balaban J connectivity index is 1.89. The van der Waals surface area contributed by atoms with Crippen LogP contribution in [-0.4, -0.2) is 47.5 Å². The number of benzene rings is 1. The van der Waals surface area contributed by atoms with Gasteiger partial charge in [0.05, 0.1) is 35.7 Å². The van der Waals surface area contributed by atoms with E-state index in [2.05, 4.69) is 15.7 Å². The molecular formula is C21H19F3N4O6. The van der Waals surface area contributed by atoms with E-state index in [4.69, 9.17) is 9.47 Å². The van der Waals surface area contributed by atoms with Gasteiger partial charge >= 0.3 is 24.1 Å². The van der Waals surface area contributed by atoms with Crippen molar-refractivity contribution in [2.45, 2.75) is 20.0 Å². The molecule has 1 aliphatic rings. The van der Waals surface area contributed by atoms with Gasteiger partial charge in [0.2, 0.25) is 11.1 Å². The predicted molar refractivity (Wildman–Crippen MR) is 110 cm³/mol. The first kappa shape index (κ1) is 24.5. The molecule has 0 saturated carbocycles. The quantitative estimate of drug-likeness (QED) is 0.604. The number of carbonyl (C=O) groups is 3. The van der Waals surface area contributed by atoms with Crippen LogP contribution in [0.3, 0.4) is 0 Å². The summed E-state index contributed by atoms with van der Waals surface area (Å²) in [5.74, 6) is -1.93. The number of aryl methyl sites for hydroxylation is 1. The Bertz CT molecular complexity index is 1240. The number of alkyl halides is 3. The standard InChI is InChI=1S/C21H19F3N4O6/c1-3-33-18(30)14-9-25-20(32)26-15(14)10-34-19(31)17-16(29)7-11(2)28(27-17)13-6-4-5-12(8-13)21(22,23)24/h4-8H,3,9-10H2,1-2H3,(H2,25,26,32). The summed E-state index contributed by atoms with van der Waals surface area (Å²) in [6, 6.07) is 4.58. The van der Waals surface area contributed by atoms with Gasteiger partial charge in [-0.2, -0.15) is 18.3 Å². The van der Waals surface area contributed by atoms with Gasteiger partial charge in [0.15, 0.2) is 0 Å². The first-order chi connectivity index (χ1) is 16.0. The molecule has 180 valence electrons.